The van der Waals surface area contributed by atoms with Crippen LogP contribution in [0.15, 0.2) is 58.3 Å². The molecule has 8 heteroatoms. The van der Waals surface area contributed by atoms with Crippen LogP contribution >= 0.6 is 23.5 Å². The van der Waals surface area contributed by atoms with Crippen molar-refractivity contribution in [2.45, 2.75) is 40.7 Å². The summed E-state index contributed by atoms with van der Waals surface area (Å²) < 4.78 is 0. The van der Waals surface area contributed by atoms with Crippen LogP contribution in [0, 0.1) is 0 Å². The van der Waals surface area contributed by atoms with Crippen molar-refractivity contribution in [2.24, 2.45) is 0 Å². The summed E-state index contributed by atoms with van der Waals surface area (Å²) in [5.74, 6) is -0.760. The number of nitrogens with one attached hydrogen (secondary N) is 1. The molecule has 1 atom stereocenters. The zero-order chi connectivity index (χ0) is 22.5. The second kappa shape index (κ2) is 10.4. The van der Waals surface area contributed by atoms with Crippen LogP contribution in [-0.4, -0.2) is 53.8 Å². The Labute approximate surface area is 197 Å². The Kier molecular flexibility index (Phi) is 7.42. The third kappa shape index (κ3) is 5.13. The number of thioether (sulfide) groups is 2. The van der Waals surface area contributed by atoms with Gasteiger partial charge in [0.05, 0.1) is 5.69 Å². The predicted molar refractivity (Wildman–Crippen MR) is 130 cm³/mol. The number of fused-ring (bicyclic) bond motifs is 1. The molecule has 1 N–H and O–H groups in total. The molecule has 0 saturated carbocycles. The Morgan fingerprint density at radius 3 is 2.56 bits per heavy atom. The molecule has 0 aromatic heterocycles. The maximum Gasteiger partial charge on any atom is 0.250 e. The molecule has 32 heavy (non-hydrogen) atoms. The van der Waals surface area contributed by atoms with Gasteiger partial charge in [0, 0.05) is 28.6 Å². The number of amides is 3. The van der Waals surface area contributed by atoms with Crippen molar-refractivity contribution in [1.82, 2.24) is 4.90 Å². The van der Waals surface area contributed by atoms with Gasteiger partial charge in [-0.05, 0) is 49.4 Å². The van der Waals surface area contributed by atoms with E-state index >= 15 is 0 Å². The smallest absolute Gasteiger partial charge is 0.250 e. The third-order valence-corrected chi connectivity index (χ3v) is 7.65. The minimum Gasteiger partial charge on any atom is -0.341 e. The highest BCUT2D eigenvalue weighted by Gasteiger charge is 2.40. The van der Waals surface area contributed by atoms with Gasteiger partial charge in [-0.15, -0.1) is 23.5 Å². The monoisotopic (exact) mass is 469 g/mol. The minimum absolute atomic E-state index is 0.135. The Morgan fingerprint density at radius 1 is 1.06 bits per heavy atom. The summed E-state index contributed by atoms with van der Waals surface area (Å²) in [6, 6.07) is 15.0. The van der Waals surface area contributed by atoms with Gasteiger partial charge in [0.25, 0.3) is 5.91 Å². The molecule has 1 saturated heterocycles. The maximum atomic E-state index is 13.4. The number of para-hydroxylation sites is 1. The standard InChI is InChI=1S/C24H27N3O3S2/c1-31-18-10-8-9-17(15-18)25-21(28)16-27-19-11-4-5-12-20(19)32-22(24(27)30)23(29)26-13-6-2-3-7-14-26/h4-5,8-12,15,22H,2-3,6-7,13-14,16H2,1H3,(H,25,28)/t22-/m1/s1. The van der Waals surface area contributed by atoms with E-state index in [0.29, 0.717) is 24.5 Å². The van der Waals surface area contributed by atoms with Crippen LogP contribution < -0.4 is 10.2 Å². The van der Waals surface area contributed by atoms with Crippen LogP contribution in [0.25, 0.3) is 0 Å². The molecule has 168 valence electrons. The number of carbonyl (C=O) groups is 3. The van der Waals surface area contributed by atoms with E-state index in [9.17, 15) is 14.4 Å². The van der Waals surface area contributed by atoms with Crippen LogP contribution in [0.5, 0.6) is 0 Å². The maximum absolute atomic E-state index is 13.4. The zero-order valence-corrected chi connectivity index (χ0v) is 19.7. The minimum atomic E-state index is -0.851. The average molecular weight is 470 g/mol. The van der Waals surface area contributed by atoms with Crippen LogP contribution in [0.1, 0.15) is 25.7 Å². The van der Waals surface area contributed by atoms with E-state index in [2.05, 4.69) is 5.32 Å². The number of hydrogen-bond donors (Lipinski definition) is 1. The van der Waals surface area contributed by atoms with E-state index in [1.807, 2.05) is 59.7 Å². The summed E-state index contributed by atoms with van der Waals surface area (Å²) >= 11 is 2.89. The molecule has 0 bridgehead atoms. The van der Waals surface area contributed by atoms with Crippen molar-refractivity contribution in [3.63, 3.8) is 0 Å². The molecular formula is C24H27N3O3S2. The van der Waals surface area contributed by atoms with Crippen LogP contribution in [0.2, 0.25) is 0 Å². The molecule has 2 aliphatic heterocycles. The molecule has 0 radical (unpaired) electrons. The van der Waals surface area contributed by atoms with E-state index in [4.69, 9.17) is 0 Å². The first kappa shape index (κ1) is 22.7. The first-order valence-corrected chi connectivity index (χ1v) is 13.0. The number of rotatable bonds is 5. The van der Waals surface area contributed by atoms with Gasteiger partial charge in [-0.3, -0.25) is 14.4 Å². The van der Waals surface area contributed by atoms with Crippen molar-refractivity contribution < 1.29 is 14.4 Å². The van der Waals surface area contributed by atoms with E-state index in [0.717, 1.165) is 35.5 Å². The Balaban J connectivity index is 1.53. The molecule has 6 nitrogen and oxygen atoms in total. The fourth-order valence-electron chi connectivity index (χ4n) is 4.04. The SMILES string of the molecule is CSc1cccc(NC(=O)CN2C(=O)[C@@H](C(=O)N3CCCCCC3)Sc3ccccc32)c1. The summed E-state index contributed by atoms with van der Waals surface area (Å²) in [6.07, 6.45) is 6.14. The molecule has 2 aromatic carbocycles. The Hall–Kier alpha value is -2.45. The van der Waals surface area contributed by atoms with Crippen molar-refractivity contribution >= 4 is 52.6 Å². The van der Waals surface area contributed by atoms with Gasteiger partial charge in [0.1, 0.15) is 6.54 Å². The topological polar surface area (TPSA) is 69.7 Å². The molecule has 2 aliphatic rings. The van der Waals surface area contributed by atoms with Crippen molar-refractivity contribution in [1.29, 1.82) is 0 Å². The molecular weight excluding hydrogens is 442 g/mol. The summed E-state index contributed by atoms with van der Waals surface area (Å²) in [6.45, 7) is 1.25. The van der Waals surface area contributed by atoms with Crippen molar-refractivity contribution in [3.8, 4) is 0 Å². The highest BCUT2D eigenvalue weighted by molar-refractivity contribution is 8.01. The largest absolute Gasteiger partial charge is 0.341 e. The number of benzene rings is 2. The third-order valence-electron chi connectivity index (χ3n) is 5.69. The number of anilines is 2. The fraction of sp³-hybridized carbons (Fsp3) is 0.375. The average Bonchev–Trinajstić information content (AvgIpc) is 3.10. The number of nitrogens with zero attached hydrogens (tertiary/aromatic N) is 2. The Morgan fingerprint density at radius 2 is 1.81 bits per heavy atom. The van der Waals surface area contributed by atoms with Crippen LogP contribution in [0.3, 0.4) is 0 Å². The van der Waals surface area contributed by atoms with E-state index in [-0.39, 0.29) is 24.3 Å². The lowest BCUT2D eigenvalue weighted by Crippen LogP contribution is -2.51. The van der Waals surface area contributed by atoms with Gasteiger partial charge in [-0.1, -0.05) is 31.0 Å². The van der Waals surface area contributed by atoms with Crippen molar-refractivity contribution in [3.05, 3.63) is 48.5 Å². The molecule has 3 amide bonds. The van der Waals surface area contributed by atoms with E-state index in [1.54, 1.807) is 11.8 Å². The van der Waals surface area contributed by atoms with Gasteiger partial charge in [-0.25, -0.2) is 0 Å². The van der Waals surface area contributed by atoms with Crippen LogP contribution in [-0.2, 0) is 14.4 Å². The van der Waals surface area contributed by atoms with Gasteiger partial charge in [-0.2, -0.15) is 0 Å². The number of carbonyl (C=O) groups excluding carboxylic acids is 3. The van der Waals surface area contributed by atoms with Gasteiger partial charge in [0.2, 0.25) is 11.8 Å². The Bertz CT molecular complexity index is 1010. The second-order valence-electron chi connectivity index (χ2n) is 7.91. The van der Waals surface area contributed by atoms with E-state index < -0.39 is 5.25 Å². The van der Waals surface area contributed by atoms with Gasteiger partial charge >= 0.3 is 0 Å². The lowest BCUT2D eigenvalue weighted by atomic mass is 10.2. The van der Waals surface area contributed by atoms with Crippen LogP contribution in [0.4, 0.5) is 11.4 Å². The van der Waals surface area contributed by atoms with E-state index in [1.165, 1.54) is 16.7 Å². The zero-order valence-electron chi connectivity index (χ0n) is 18.1. The quantitative estimate of drug-likeness (QED) is 0.524. The summed E-state index contributed by atoms with van der Waals surface area (Å²) in [7, 11) is 0. The highest BCUT2D eigenvalue weighted by Crippen LogP contribution is 2.40. The molecule has 4 rings (SSSR count). The first-order valence-electron chi connectivity index (χ1n) is 10.9. The summed E-state index contributed by atoms with van der Waals surface area (Å²) in [5.41, 5.74) is 1.36. The number of hydrogen-bond acceptors (Lipinski definition) is 5. The van der Waals surface area contributed by atoms with Crippen molar-refractivity contribution in [2.75, 3.05) is 36.1 Å². The molecule has 1 fully saturated rings. The first-order chi connectivity index (χ1) is 15.6. The lowest BCUT2D eigenvalue weighted by molar-refractivity contribution is -0.135. The van der Waals surface area contributed by atoms with Gasteiger partial charge in [0.15, 0.2) is 5.25 Å². The summed E-state index contributed by atoms with van der Waals surface area (Å²) in [5, 5.41) is 2.03. The molecule has 2 heterocycles. The molecule has 0 unspecified atom stereocenters. The second-order valence-corrected chi connectivity index (χ2v) is 9.94. The normalized spacial score (nSPS) is 18.7. The molecule has 0 spiro atoms. The fourth-order valence-corrected chi connectivity index (χ4v) is 5.69. The van der Waals surface area contributed by atoms with Gasteiger partial charge < -0.3 is 15.1 Å². The molecule has 0 aliphatic carbocycles. The lowest BCUT2D eigenvalue weighted by Gasteiger charge is -2.34. The number of likely N-dealkylation sites (tertiary alicyclic amines) is 1. The molecule has 2 aromatic rings. The summed E-state index contributed by atoms with van der Waals surface area (Å²) in [4.78, 5) is 44.7. The predicted octanol–water partition coefficient (Wildman–Crippen LogP) is 4.26. The highest BCUT2D eigenvalue weighted by atomic mass is 32.2.